The summed E-state index contributed by atoms with van der Waals surface area (Å²) in [7, 11) is 0. The van der Waals surface area contributed by atoms with Gasteiger partial charge in [0.1, 0.15) is 0 Å². The van der Waals surface area contributed by atoms with Gasteiger partial charge in [-0.2, -0.15) is 0 Å². The fourth-order valence-corrected chi connectivity index (χ4v) is 0. The Balaban J connectivity index is 0. The van der Waals surface area contributed by atoms with E-state index in [-0.39, 0.29) is 76.8 Å². The summed E-state index contributed by atoms with van der Waals surface area (Å²) in [5, 5.41) is 0. The van der Waals surface area contributed by atoms with E-state index in [1.165, 1.54) is 0 Å². The van der Waals surface area contributed by atoms with Gasteiger partial charge >= 0.3 is 0 Å². The van der Waals surface area contributed by atoms with Crippen molar-refractivity contribution in [1.29, 1.82) is 0 Å². The molecule has 0 aliphatic heterocycles. The van der Waals surface area contributed by atoms with Crippen molar-refractivity contribution in [3.05, 3.63) is 0 Å². The molecule has 0 aromatic rings. The van der Waals surface area contributed by atoms with Crippen molar-refractivity contribution >= 4 is 76.8 Å². The molecule has 0 nitrogen and oxygen atoms in total. The third-order valence-corrected chi connectivity index (χ3v) is 0. The van der Waals surface area contributed by atoms with Crippen LogP contribution in [-0.2, 0) is 0 Å². The second kappa shape index (κ2) is 139. The SMILES string of the molecule is [SiH4].[SiH4].[SiH4].[SiH4].[SiH4].[SiH4].[SiH4]. The maximum absolute atomic E-state index is 0. The summed E-state index contributed by atoms with van der Waals surface area (Å²) in [5.74, 6) is 0. The van der Waals surface area contributed by atoms with Gasteiger partial charge in [0.25, 0.3) is 0 Å². The molecule has 0 radical (unpaired) electrons. The molecule has 0 aliphatic rings. The Morgan fingerprint density at radius 2 is 0.143 bits per heavy atom. The first-order valence-corrected chi connectivity index (χ1v) is 0. The maximum atomic E-state index is 0. The van der Waals surface area contributed by atoms with Gasteiger partial charge in [-0.25, -0.2) is 0 Å². The van der Waals surface area contributed by atoms with Crippen molar-refractivity contribution in [1.82, 2.24) is 0 Å². The average molecular weight is 225 g/mol. The van der Waals surface area contributed by atoms with Crippen LogP contribution in [0.15, 0.2) is 0 Å². The largest absolute Gasteiger partial charge is 0.0149 e. The van der Waals surface area contributed by atoms with Crippen molar-refractivity contribution in [3.63, 3.8) is 0 Å². The molecular formula is H28Si7. The predicted octanol–water partition coefficient (Wildman–Crippen LogP) is -10.2. The predicted molar refractivity (Wildman–Crippen MR) is 79.3 cm³/mol. The Bertz CT molecular complexity index is 0. The highest BCUT2D eigenvalue weighted by molar-refractivity contribution is 5.76. The molecule has 0 atom stereocenters. The van der Waals surface area contributed by atoms with Crippen LogP contribution in [0.4, 0.5) is 0 Å². The summed E-state index contributed by atoms with van der Waals surface area (Å²) in [6.07, 6.45) is 0. The van der Waals surface area contributed by atoms with Crippen LogP contribution < -0.4 is 0 Å². The van der Waals surface area contributed by atoms with E-state index in [4.69, 9.17) is 0 Å². The molecule has 0 fully saturated rings. The number of rotatable bonds is 0. The van der Waals surface area contributed by atoms with Crippen molar-refractivity contribution in [2.45, 2.75) is 0 Å². The minimum atomic E-state index is 0. The molecule has 0 saturated heterocycles. The molecule has 0 rings (SSSR count). The highest BCUT2D eigenvalue weighted by atomic mass is 28.1. The zero-order chi connectivity index (χ0) is 0. The van der Waals surface area contributed by atoms with E-state index >= 15 is 0 Å². The first-order chi connectivity index (χ1) is 0. The first-order valence-electron chi connectivity index (χ1n) is 0. The molecule has 7 heteroatoms. The number of hydrogen-bond acceptors (Lipinski definition) is 0. The van der Waals surface area contributed by atoms with Crippen LogP contribution in [0.1, 0.15) is 0 Å². The highest BCUT2D eigenvalue weighted by Gasteiger charge is -0.00885. The summed E-state index contributed by atoms with van der Waals surface area (Å²) in [6, 6.07) is 0. The van der Waals surface area contributed by atoms with E-state index in [1.807, 2.05) is 0 Å². The minimum Gasteiger partial charge on any atom is -0.0149 e. The molecule has 0 aromatic heterocycles. The molecule has 0 aromatic carbocycles. The van der Waals surface area contributed by atoms with E-state index in [1.54, 1.807) is 0 Å². The van der Waals surface area contributed by atoms with Gasteiger partial charge in [0, 0.05) is 0 Å². The van der Waals surface area contributed by atoms with Crippen LogP contribution >= 0.6 is 0 Å². The molecule has 0 saturated carbocycles. The van der Waals surface area contributed by atoms with Crippen LogP contribution in [0.25, 0.3) is 0 Å². The lowest BCUT2D eigenvalue weighted by molar-refractivity contribution is 5.75. The smallest absolute Gasteiger partial charge is 0.0149 e. The lowest BCUT2D eigenvalue weighted by Crippen LogP contribution is -0.382. The lowest BCUT2D eigenvalue weighted by Gasteiger charge is -0.0159. The second-order valence-corrected chi connectivity index (χ2v) is 0. The summed E-state index contributed by atoms with van der Waals surface area (Å²) in [4.78, 5) is 0. The first kappa shape index (κ1) is 209. The minimum absolute atomic E-state index is 0. The van der Waals surface area contributed by atoms with Crippen LogP contribution in [0.5, 0.6) is 0 Å². The molecule has 0 bridgehead atoms. The Kier molecular flexibility index (Phi) is 4140. The second-order valence-electron chi connectivity index (χ2n) is 0. The van der Waals surface area contributed by atoms with E-state index in [0.29, 0.717) is 0 Å². The zero-order valence-electron chi connectivity index (χ0n) is 0. The van der Waals surface area contributed by atoms with Gasteiger partial charge in [-0.05, 0) is 76.8 Å². The Morgan fingerprint density at radius 1 is 0.143 bits per heavy atom. The van der Waals surface area contributed by atoms with Crippen molar-refractivity contribution in [3.8, 4) is 0 Å². The zero-order valence-corrected chi connectivity index (χ0v) is 0. The number of hydrogen-bond donors (Lipinski definition) is 0. The summed E-state index contributed by atoms with van der Waals surface area (Å²) >= 11 is 0. The van der Waals surface area contributed by atoms with Crippen LogP contribution in [0.2, 0.25) is 0 Å². The fraction of sp³-hybridized carbons (Fsp3) is 0. The molecule has 0 spiro atoms. The van der Waals surface area contributed by atoms with Crippen molar-refractivity contribution in [2.24, 2.45) is 0 Å². The summed E-state index contributed by atoms with van der Waals surface area (Å²) in [5.41, 5.74) is 0. The fourth-order valence-electron chi connectivity index (χ4n) is 0. The molecule has 0 amide bonds. The summed E-state index contributed by atoms with van der Waals surface area (Å²) in [6.45, 7) is 0. The van der Waals surface area contributed by atoms with E-state index in [2.05, 4.69) is 0 Å². The Morgan fingerprint density at radius 3 is 0.143 bits per heavy atom. The van der Waals surface area contributed by atoms with Gasteiger partial charge in [0.2, 0.25) is 0 Å². The normalized spacial score (nSPS) is 0. The third-order valence-electron chi connectivity index (χ3n) is 0. The van der Waals surface area contributed by atoms with Gasteiger partial charge < -0.3 is 0 Å². The third kappa shape index (κ3) is 99.3. The quantitative estimate of drug-likeness (QED) is 0.359. The monoisotopic (exact) mass is 224 g/mol. The molecule has 0 heterocycles. The van der Waals surface area contributed by atoms with Crippen molar-refractivity contribution < 1.29 is 0 Å². The van der Waals surface area contributed by atoms with Crippen LogP contribution in [0, 0.1) is 0 Å². The standard InChI is InChI=1S/7H4Si/h7*1H4. The average Bonchev–Trinajstić information content (AvgIpc) is 0. The topological polar surface area (TPSA) is 0 Å². The van der Waals surface area contributed by atoms with E-state index in [0.717, 1.165) is 0 Å². The maximum Gasteiger partial charge on any atom is -0.0149 e. The van der Waals surface area contributed by atoms with Gasteiger partial charge in [-0.1, -0.05) is 0 Å². The van der Waals surface area contributed by atoms with Gasteiger partial charge in [-0.15, -0.1) is 0 Å². The van der Waals surface area contributed by atoms with Gasteiger partial charge in [0.05, 0.1) is 0 Å². The van der Waals surface area contributed by atoms with Gasteiger partial charge in [-0.3, -0.25) is 0 Å². The lowest BCUT2D eigenvalue weighted by atomic mass is 28.1. The molecule has 0 aliphatic carbocycles. The van der Waals surface area contributed by atoms with Crippen LogP contribution in [-0.4, -0.2) is 76.8 Å². The molecule has 0 unspecified atom stereocenters. The Labute approximate surface area is 76.8 Å². The molecule has 7 heavy (non-hydrogen) atoms. The summed E-state index contributed by atoms with van der Waals surface area (Å²) < 4.78 is 0. The molecule has 0 N–H and O–H groups in total. The Hall–Kier alpha value is 1.52. The van der Waals surface area contributed by atoms with Crippen LogP contribution in [0.3, 0.4) is 0 Å². The van der Waals surface area contributed by atoms with Gasteiger partial charge in [0.15, 0.2) is 0 Å². The molecule has 56 valence electrons. The molecular weight excluding hydrogens is 197 g/mol. The highest BCUT2D eigenvalue weighted by Crippen LogP contribution is -0.375. The van der Waals surface area contributed by atoms with Crippen molar-refractivity contribution in [2.75, 3.05) is 0 Å². The van der Waals surface area contributed by atoms with E-state index < -0.39 is 0 Å². The van der Waals surface area contributed by atoms with E-state index in [9.17, 15) is 0 Å².